The molecule has 5 nitrogen and oxygen atoms in total. The van der Waals surface area contributed by atoms with E-state index < -0.39 is 0 Å². The molecule has 1 fully saturated rings. The Bertz CT molecular complexity index is 799. The van der Waals surface area contributed by atoms with Crippen LogP contribution in [0.1, 0.15) is 30.7 Å². The molecule has 110 valence electrons. The van der Waals surface area contributed by atoms with Gasteiger partial charge in [0.05, 0.1) is 5.41 Å². The van der Waals surface area contributed by atoms with Gasteiger partial charge in [-0.1, -0.05) is 18.6 Å². The molecule has 22 heavy (non-hydrogen) atoms. The van der Waals surface area contributed by atoms with Crippen molar-refractivity contribution in [2.45, 2.75) is 24.7 Å². The third-order valence-electron chi connectivity index (χ3n) is 4.18. The molecular formula is C16H13FN4O. The summed E-state index contributed by atoms with van der Waals surface area (Å²) in [6.45, 7) is 0. The highest BCUT2D eigenvalue weighted by atomic mass is 19.1. The van der Waals surface area contributed by atoms with Gasteiger partial charge in [0.2, 0.25) is 11.7 Å². The third kappa shape index (κ3) is 1.99. The fourth-order valence-electron chi connectivity index (χ4n) is 2.86. The zero-order chi connectivity index (χ0) is 15.0. The molecule has 2 heterocycles. The Morgan fingerprint density at radius 1 is 1.05 bits per heavy atom. The second-order valence-electron chi connectivity index (χ2n) is 5.43. The number of rotatable bonds is 3. The maximum atomic E-state index is 13.6. The lowest BCUT2D eigenvalue weighted by molar-refractivity contribution is 0.240. The van der Waals surface area contributed by atoms with Crippen LogP contribution in [0, 0.1) is 5.82 Å². The molecule has 1 saturated carbocycles. The van der Waals surface area contributed by atoms with E-state index >= 15 is 0 Å². The minimum Gasteiger partial charge on any atom is -0.417 e. The summed E-state index contributed by atoms with van der Waals surface area (Å²) in [4.78, 5) is 8.22. The van der Waals surface area contributed by atoms with Crippen LogP contribution in [0.25, 0.3) is 11.7 Å². The summed E-state index contributed by atoms with van der Waals surface area (Å²) in [5.41, 5.74) is 0.491. The summed E-state index contributed by atoms with van der Waals surface area (Å²) in [6.07, 6.45) is 6.04. The maximum absolute atomic E-state index is 13.6. The van der Waals surface area contributed by atoms with Crippen LogP contribution in [0.4, 0.5) is 4.39 Å². The van der Waals surface area contributed by atoms with Crippen LogP contribution in [-0.4, -0.2) is 20.2 Å². The van der Waals surface area contributed by atoms with E-state index in [2.05, 4.69) is 20.2 Å². The number of nitrogens with zero attached hydrogens (tertiary/aromatic N) is 4. The van der Waals surface area contributed by atoms with Gasteiger partial charge in [0.1, 0.15) is 5.82 Å². The molecule has 0 saturated heterocycles. The van der Waals surface area contributed by atoms with Crippen molar-refractivity contribution in [3.63, 3.8) is 0 Å². The predicted octanol–water partition coefficient (Wildman–Crippen LogP) is 3.14. The number of hydrogen-bond acceptors (Lipinski definition) is 5. The first-order chi connectivity index (χ1) is 10.8. The first-order valence-electron chi connectivity index (χ1n) is 7.15. The van der Waals surface area contributed by atoms with Gasteiger partial charge in [0, 0.05) is 12.4 Å². The first-order valence-corrected chi connectivity index (χ1v) is 7.15. The van der Waals surface area contributed by atoms with E-state index in [4.69, 9.17) is 4.42 Å². The first kappa shape index (κ1) is 13.1. The topological polar surface area (TPSA) is 64.7 Å². The molecule has 1 aliphatic carbocycles. The molecule has 4 rings (SSSR count). The van der Waals surface area contributed by atoms with Crippen LogP contribution in [0.5, 0.6) is 0 Å². The molecular weight excluding hydrogens is 283 g/mol. The SMILES string of the molecule is Fc1cccc(C2(c3nnc(-c4ncccn4)o3)CCC2)c1. The minimum absolute atomic E-state index is 0.255. The monoisotopic (exact) mass is 296 g/mol. The Hall–Kier alpha value is -2.63. The number of halogens is 1. The smallest absolute Gasteiger partial charge is 0.285 e. The Morgan fingerprint density at radius 3 is 2.55 bits per heavy atom. The van der Waals surface area contributed by atoms with Gasteiger partial charge < -0.3 is 4.42 Å². The highest BCUT2D eigenvalue weighted by Gasteiger charge is 2.45. The van der Waals surface area contributed by atoms with Crippen molar-refractivity contribution in [2.75, 3.05) is 0 Å². The van der Waals surface area contributed by atoms with Crippen LogP contribution in [0.15, 0.2) is 47.1 Å². The molecule has 2 aromatic heterocycles. The van der Waals surface area contributed by atoms with Gasteiger partial charge >= 0.3 is 0 Å². The van der Waals surface area contributed by atoms with Crippen molar-refractivity contribution in [3.8, 4) is 11.7 Å². The van der Waals surface area contributed by atoms with Crippen molar-refractivity contribution in [2.24, 2.45) is 0 Å². The number of benzene rings is 1. The average Bonchev–Trinajstić information content (AvgIpc) is 2.97. The molecule has 0 amide bonds. The van der Waals surface area contributed by atoms with Gasteiger partial charge in [0.25, 0.3) is 5.89 Å². The highest BCUT2D eigenvalue weighted by molar-refractivity contribution is 5.40. The van der Waals surface area contributed by atoms with Crippen LogP contribution < -0.4 is 0 Å². The lowest BCUT2D eigenvalue weighted by Crippen LogP contribution is -2.35. The third-order valence-corrected chi connectivity index (χ3v) is 4.18. The van der Waals surface area contributed by atoms with E-state index in [0.29, 0.717) is 17.6 Å². The fraction of sp³-hybridized carbons (Fsp3) is 0.250. The van der Waals surface area contributed by atoms with Gasteiger partial charge in [-0.2, -0.15) is 0 Å². The van der Waals surface area contributed by atoms with E-state index in [1.165, 1.54) is 6.07 Å². The largest absolute Gasteiger partial charge is 0.417 e. The van der Waals surface area contributed by atoms with E-state index in [1.807, 2.05) is 6.07 Å². The summed E-state index contributed by atoms with van der Waals surface area (Å²) in [7, 11) is 0. The summed E-state index contributed by atoms with van der Waals surface area (Å²) in [6, 6.07) is 8.32. The second-order valence-corrected chi connectivity index (χ2v) is 5.43. The molecule has 1 aromatic carbocycles. The summed E-state index contributed by atoms with van der Waals surface area (Å²) >= 11 is 0. The Labute approximate surface area is 126 Å². The van der Waals surface area contributed by atoms with Crippen molar-refractivity contribution in [1.29, 1.82) is 0 Å². The zero-order valence-electron chi connectivity index (χ0n) is 11.7. The molecule has 0 bridgehead atoms. The predicted molar refractivity (Wildman–Crippen MR) is 76.4 cm³/mol. The van der Waals surface area contributed by atoms with Gasteiger partial charge in [-0.3, -0.25) is 0 Å². The van der Waals surface area contributed by atoms with E-state index in [9.17, 15) is 4.39 Å². The van der Waals surface area contributed by atoms with Crippen LogP contribution in [0.3, 0.4) is 0 Å². The standard InChI is InChI=1S/C16H13FN4O/c17-12-5-1-4-11(10-12)16(6-2-7-16)15-21-20-14(22-15)13-18-8-3-9-19-13/h1,3-5,8-10H,2,6-7H2. The summed E-state index contributed by atoms with van der Waals surface area (Å²) < 4.78 is 19.4. The van der Waals surface area contributed by atoms with E-state index in [1.54, 1.807) is 30.6 Å². The van der Waals surface area contributed by atoms with Gasteiger partial charge in [-0.05, 0) is 36.6 Å². The van der Waals surface area contributed by atoms with Crippen molar-refractivity contribution < 1.29 is 8.81 Å². The van der Waals surface area contributed by atoms with Crippen LogP contribution in [-0.2, 0) is 5.41 Å². The van der Waals surface area contributed by atoms with Crippen LogP contribution in [0.2, 0.25) is 0 Å². The second kappa shape index (κ2) is 4.98. The van der Waals surface area contributed by atoms with Crippen LogP contribution >= 0.6 is 0 Å². The molecule has 1 aliphatic rings. The van der Waals surface area contributed by atoms with Crippen molar-refractivity contribution in [3.05, 3.63) is 60.0 Å². The molecule has 0 unspecified atom stereocenters. The Balaban J connectivity index is 1.75. The van der Waals surface area contributed by atoms with Gasteiger partial charge in [0.15, 0.2) is 0 Å². The Morgan fingerprint density at radius 2 is 1.86 bits per heavy atom. The minimum atomic E-state index is -0.387. The zero-order valence-corrected chi connectivity index (χ0v) is 11.7. The molecule has 6 heteroatoms. The normalized spacial score (nSPS) is 16.2. The molecule has 0 aliphatic heterocycles. The lowest BCUT2D eigenvalue weighted by Gasteiger charge is -2.39. The summed E-state index contributed by atoms with van der Waals surface area (Å²) in [5, 5.41) is 8.22. The molecule has 3 aromatic rings. The quantitative estimate of drug-likeness (QED) is 0.743. The van der Waals surface area contributed by atoms with Crippen molar-refractivity contribution >= 4 is 0 Å². The maximum Gasteiger partial charge on any atom is 0.285 e. The fourth-order valence-corrected chi connectivity index (χ4v) is 2.86. The molecule has 0 N–H and O–H groups in total. The number of hydrogen-bond donors (Lipinski definition) is 0. The molecule has 0 radical (unpaired) electrons. The summed E-state index contributed by atoms with van der Waals surface area (Å²) in [5.74, 6) is 0.940. The van der Waals surface area contributed by atoms with E-state index in [0.717, 1.165) is 24.8 Å². The molecule has 0 atom stereocenters. The number of aromatic nitrogens is 4. The lowest BCUT2D eigenvalue weighted by atomic mass is 9.64. The van der Waals surface area contributed by atoms with Crippen molar-refractivity contribution in [1.82, 2.24) is 20.2 Å². The van der Waals surface area contributed by atoms with E-state index in [-0.39, 0.29) is 11.2 Å². The van der Waals surface area contributed by atoms with Gasteiger partial charge in [-0.15, -0.1) is 10.2 Å². The molecule has 0 spiro atoms. The van der Waals surface area contributed by atoms with Gasteiger partial charge in [-0.25, -0.2) is 14.4 Å². The average molecular weight is 296 g/mol. The highest BCUT2D eigenvalue weighted by Crippen LogP contribution is 2.48. The Kier molecular flexibility index (Phi) is 2.96.